The van der Waals surface area contributed by atoms with Gasteiger partial charge in [-0.05, 0) is 30.7 Å². The predicted molar refractivity (Wildman–Crippen MR) is 111 cm³/mol. The Bertz CT molecular complexity index is 1120. The molecule has 3 aromatic rings. The molecule has 0 aliphatic rings. The Hall–Kier alpha value is -2.30. The Morgan fingerprint density at radius 2 is 2.11 bits per heavy atom. The van der Waals surface area contributed by atoms with Gasteiger partial charge >= 0.3 is 0 Å². The fourth-order valence-corrected chi connectivity index (χ4v) is 4.93. The second-order valence-electron chi connectivity index (χ2n) is 5.65. The van der Waals surface area contributed by atoms with Crippen LogP contribution in [0.5, 0.6) is 5.75 Å². The Balaban J connectivity index is 1.82. The summed E-state index contributed by atoms with van der Waals surface area (Å²) in [5.74, 6) is -1.20. The summed E-state index contributed by atoms with van der Waals surface area (Å²) in [7, 11) is 0. The van der Waals surface area contributed by atoms with Gasteiger partial charge < -0.3 is 21.1 Å². The van der Waals surface area contributed by atoms with Crippen molar-refractivity contribution in [2.24, 2.45) is 5.73 Å². The standard InChI is InChI=1S/C17H14BrN3O4S2/c1-7-4-8(2-3-9(7)18)20-12(24)6-26-17-13(16(19)25)14-15(27-17)10(22)5-11(23)21-14/h2-5H,6H2,1H3,(H2,19,25)(H,20,24)(H2,21,22,23). The van der Waals surface area contributed by atoms with Crippen LogP contribution in [0.2, 0.25) is 0 Å². The van der Waals surface area contributed by atoms with Crippen molar-refractivity contribution < 1.29 is 14.7 Å². The molecule has 10 heteroatoms. The van der Waals surface area contributed by atoms with Crippen LogP contribution in [-0.4, -0.2) is 27.7 Å². The van der Waals surface area contributed by atoms with Gasteiger partial charge in [0.05, 0.1) is 25.7 Å². The van der Waals surface area contributed by atoms with Gasteiger partial charge in [0, 0.05) is 16.2 Å². The zero-order valence-corrected chi connectivity index (χ0v) is 17.2. The second-order valence-corrected chi connectivity index (χ2v) is 8.77. The highest BCUT2D eigenvalue weighted by molar-refractivity contribution is 9.10. The molecule has 0 unspecified atom stereocenters. The number of nitrogens with two attached hydrogens (primary N) is 1. The molecule has 27 heavy (non-hydrogen) atoms. The van der Waals surface area contributed by atoms with Crippen LogP contribution in [0.15, 0.2) is 37.7 Å². The van der Waals surface area contributed by atoms with Crippen LogP contribution in [0.1, 0.15) is 15.9 Å². The molecular weight excluding hydrogens is 454 g/mol. The van der Waals surface area contributed by atoms with Gasteiger partial charge in [0.25, 0.3) is 11.5 Å². The number of halogens is 1. The number of fused-ring (bicyclic) bond motifs is 1. The van der Waals surface area contributed by atoms with Crippen molar-refractivity contribution in [3.63, 3.8) is 0 Å². The van der Waals surface area contributed by atoms with Crippen molar-refractivity contribution in [3.8, 4) is 5.75 Å². The molecule has 2 heterocycles. The topological polar surface area (TPSA) is 125 Å². The van der Waals surface area contributed by atoms with Crippen LogP contribution in [-0.2, 0) is 4.79 Å². The SMILES string of the molecule is Cc1cc(NC(=O)CSc2sc3c(O)cc(=O)[nH]c3c2C(N)=O)ccc1Br. The maximum absolute atomic E-state index is 12.2. The molecule has 0 atom stereocenters. The minimum absolute atomic E-state index is 0.0349. The summed E-state index contributed by atoms with van der Waals surface area (Å²) < 4.78 is 1.74. The number of H-pyrrole nitrogens is 1. The Morgan fingerprint density at radius 1 is 1.37 bits per heavy atom. The third-order valence-corrected chi connectivity index (χ3v) is 7.02. The van der Waals surface area contributed by atoms with E-state index in [1.807, 2.05) is 19.1 Å². The van der Waals surface area contributed by atoms with Gasteiger partial charge in [-0.25, -0.2) is 0 Å². The number of thioether (sulfide) groups is 1. The van der Waals surface area contributed by atoms with Gasteiger partial charge in [-0.3, -0.25) is 14.4 Å². The number of anilines is 1. The van der Waals surface area contributed by atoms with Crippen molar-refractivity contribution in [1.29, 1.82) is 0 Å². The van der Waals surface area contributed by atoms with Crippen LogP contribution in [0.3, 0.4) is 0 Å². The summed E-state index contributed by atoms with van der Waals surface area (Å²) in [6, 6.07) is 6.48. The summed E-state index contributed by atoms with van der Waals surface area (Å²) in [5.41, 5.74) is 6.82. The van der Waals surface area contributed by atoms with Crippen LogP contribution in [0.25, 0.3) is 10.2 Å². The van der Waals surface area contributed by atoms with Gasteiger partial charge in [-0.15, -0.1) is 23.1 Å². The molecule has 2 aromatic heterocycles. The fraction of sp³-hybridized carbons (Fsp3) is 0.118. The van der Waals surface area contributed by atoms with E-state index in [1.54, 1.807) is 6.07 Å². The lowest BCUT2D eigenvalue weighted by Gasteiger charge is -2.07. The van der Waals surface area contributed by atoms with Crippen molar-refractivity contribution >= 4 is 66.7 Å². The first-order valence-corrected chi connectivity index (χ1v) is 10.2. The zero-order valence-electron chi connectivity index (χ0n) is 14.0. The summed E-state index contributed by atoms with van der Waals surface area (Å²) in [6.45, 7) is 1.91. The van der Waals surface area contributed by atoms with Crippen molar-refractivity contribution in [2.75, 3.05) is 11.1 Å². The van der Waals surface area contributed by atoms with Gasteiger partial charge in [-0.2, -0.15) is 0 Å². The molecule has 1 aromatic carbocycles. The maximum atomic E-state index is 12.2. The third-order valence-electron chi connectivity index (χ3n) is 3.65. The van der Waals surface area contributed by atoms with E-state index >= 15 is 0 Å². The highest BCUT2D eigenvalue weighted by atomic mass is 79.9. The van der Waals surface area contributed by atoms with E-state index in [0.29, 0.717) is 14.6 Å². The number of hydrogen-bond acceptors (Lipinski definition) is 6. The van der Waals surface area contributed by atoms with Crippen molar-refractivity contribution in [1.82, 2.24) is 4.98 Å². The lowest BCUT2D eigenvalue weighted by atomic mass is 10.2. The Morgan fingerprint density at radius 3 is 2.78 bits per heavy atom. The smallest absolute Gasteiger partial charge is 0.252 e. The lowest BCUT2D eigenvalue weighted by Crippen LogP contribution is -2.15. The summed E-state index contributed by atoms with van der Waals surface area (Å²) in [6.07, 6.45) is 0. The van der Waals surface area contributed by atoms with Crippen LogP contribution in [0, 0.1) is 6.92 Å². The van der Waals surface area contributed by atoms with Crippen LogP contribution >= 0.6 is 39.0 Å². The molecule has 0 saturated carbocycles. The summed E-state index contributed by atoms with van der Waals surface area (Å²) in [4.78, 5) is 38.2. The number of aryl methyl sites for hydroxylation is 1. The fourth-order valence-electron chi connectivity index (χ4n) is 2.44. The van der Waals surface area contributed by atoms with Crippen molar-refractivity contribution in [3.05, 3.63) is 50.2 Å². The third kappa shape index (κ3) is 4.18. The molecule has 0 radical (unpaired) electrons. The number of aromatic hydroxyl groups is 1. The second kappa shape index (κ2) is 7.75. The minimum atomic E-state index is -0.742. The molecule has 5 N–H and O–H groups in total. The number of nitrogens with one attached hydrogen (secondary N) is 2. The number of aromatic amines is 1. The number of carbonyl (C=O) groups is 2. The average molecular weight is 468 g/mol. The van der Waals surface area contributed by atoms with Gasteiger partial charge in [0.15, 0.2) is 0 Å². The van der Waals surface area contributed by atoms with E-state index in [2.05, 4.69) is 26.2 Å². The molecule has 140 valence electrons. The van der Waals surface area contributed by atoms with Crippen LogP contribution < -0.4 is 16.6 Å². The van der Waals surface area contributed by atoms with Crippen LogP contribution in [0.4, 0.5) is 5.69 Å². The van der Waals surface area contributed by atoms with E-state index < -0.39 is 11.5 Å². The monoisotopic (exact) mass is 467 g/mol. The van der Waals surface area contributed by atoms with E-state index in [0.717, 1.165) is 39.2 Å². The molecule has 2 amide bonds. The molecule has 0 aliphatic heterocycles. The number of hydrogen-bond donors (Lipinski definition) is 4. The number of thiophene rings is 1. The average Bonchev–Trinajstić information content (AvgIpc) is 2.95. The molecule has 0 saturated heterocycles. The first-order valence-electron chi connectivity index (χ1n) is 7.63. The zero-order chi connectivity index (χ0) is 19.7. The molecule has 0 spiro atoms. The number of benzene rings is 1. The predicted octanol–water partition coefficient (Wildman–Crippen LogP) is 3.20. The van der Waals surface area contributed by atoms with E-state index in [1.165, 1.54) is 0 Å². The maximum Gasteiger partial charge on any atom is 0.252 e. The number of amides is 2. The highest BCUT2D eigenvalue weighted by Gasteiger charge is 2.21. The van der Waals surface area contributed by atoms with E-state index in [4.69, 9.17) is 5.73 Å². The molecular formula is C17H14BrN3O4S2. The number of aromatic nitrogens is 1. The summed E-state index contributed by atoms with van der Waals surface area (Å²) in [5, 5.41) is 12.7. The van der Waals surface area contributed by atoms with Gasteiger partial charge in [0.2, 0.25) is 5.91 Å². The number of rotatable bonds is 5. The van der Waals surface area contributed by atoms with E-state index in [-0.39, 0.29) is 28.5 Å². The van der Waals surface area contributed by atoms with Gasteiger partial charge in [0.1, 0.15) is 5.75 Å². The molecule has 3 rings (SSSR count). The Labute approximate surface area is 170 Å². The minimum Gasteiger partial charge on any atom is -0.506 e. The summed E-state index contributed by atoms with van der Waals surface area (Å²) >= 11 is 5.61. The normalized spacial score (nSPS) is 10.9. The van der Waals surface area contributed by atoms with E-state index in [9.17, 15) is 19.5 Å². The quantitative estimate of drug-likeness (QED) is 0.428. The molecule has 0 fully saturated rings. The molecule has 7 nitrogen and oxygen atoms in total. The number of carbonyl (C=O) groups excluding carboxylic acids is 2. The lowest BCUT2D eigenvalue weighted by molar-refractivity contribution is -0.113. The number of pyridine rings is 1. The largest absolute Gasteiger partial charge is 0.506 e. The molecule has 0 bridgehead atoms. The highest BCUT2D eigenvalue weighted by Crippen LogP contribution is 2.40. The van der Waals surface area contributed by atoms with Crippen molar-refractivity contribution in [2.45, 2.75) is 11.1 Å². The number of primary amides is 1. The Kier molecular flexibility index (Phi) is 5.59. The van der Waals surface area contributed by atoms with Gasteiger partial charge in [-0.1, -0.05) is 15.9 Å². The molecule has 0 aliphatic carbocycles. The first kappa shape index (κ1) is 19.5. The first-order chi connectivity index (χ1) is 12.8.